The first-order valence-corrected chi connectivity index (χ1v) is 5.62. The van der Waals surface area contributed by atoms with Gasteiger partial charge < -0.3 is 0 Å². The summed E-state index contributed by atoms with van der Waals surface area (Å²) in [6, 6.07) is 18.2. The van der Waals surface area contributed by atoms with Crippen molar-refractivity contribution in [3.63, 3.8) is 0 Å². The largest absolute Gasteiger partial charge is 0.102 e. The third-order valence-corrected chi connectivity index (χ3v) is 2.88. The number of rotatable bonds is 3. The van der Waals surface area contributed by atoms with E-state index in [9.17, 15) is 0 Å². The van der Waals surface area contributed by atoms with Crippen LogP contribution in [0.4, 0.5) is 0 Å². The molecule has 0 nitrogen and oxygen atoms in total. The Hall–Kier alpha value is -1.53. The van der Waals surface area contributed by atoms with E-state index in [1.807, 2.05) is 48.5 Å². The Kier molecular flexibility index (Phi) is 3.43. The molecule has 0 radical (unpaired) electrons. The molecular formula is C15H13Cl. The standard InChI is InChI=1S/C15H13Cl/c1-2-15(12-6-4-3-5-7-12)13-8-10-14(16)11-9-13/h2-11,15H,1H2/t15-/m1/s1. The second kappa shape index (κ2) is 5.00. The lowest BCUT2D eigenvalue weighted by Crippen LogP contribution is -1.96. The van der Waals surface area contributed by atoms with Crippen LogP contribution in [0.1, 0.15) is 17.0 Å². The van der Waals surface area contributed by atoms with Gasteiger partial charge in [-0.1, -0.05) is 60.1 Å². The van der Waals surface area contributed by atoms with Crippen LogP contribution in [0.15, 0.2) is 67.3 Å². The Morgan fingerprint density at radius 2 is 1.44 bits per heavy atom. The van der Waals surface area contributed by atoms with Crippen molar-refractivity contribution in [3.8, 4) is 0 Å². The normalized spacial score (nSPS) is 12.1. The zero-order valence-electron chi connectivity index (χ0n) is 8.94. The summed E-state index contributed by atoms with van der Waals surface area (Å²) >= 11 is 5.88. The Labute approximate surface area is 101 Å². The zero-order valence-corrected chi connectivity index (χ0v) is 9.69. The third-order valence-electron chi connectivity index (χ3n) is 2.62. The van der Waals surface area contributed by atoms with E-state index in [1.54, 1.807) is 0 Å². The van der Waals surface area contributed by atoms with Gasteiger partial charge in [0, 0.05) is 10.9 Å². The van der Waals surface area contributed by atoms with Crippen molar-refractivity contribution in [1.82, 2.24) is 0 Å². The Balaban J connectivity index is 2.37. The van der Waals surface area contributed by atoms with E-state index in [-0.39, 0.29) is 5.92 Å². The lowest BCUT2D eigenvalue weighted by molar-refractivity contribution is 1.03. The van der Waals surface area contributed by atoms with Crippen LogP contribution in [0.3, 0.4) is 0 Å². The topological polar surface area (TPSA) is 0 Å². The Bertz CT molecular complexity index is 457. The third kappa shape index (κ3) is 2.34. The molecule has 0 spiro atoms. The van der Waals surface area contributed by atoms with Crippen molar-refractivity contribution in [2.24, 2.45) is 0 Å². The maximum Gasteiger partial charge on any atom is 0.0406 e. The van der Waals surface area contributed by atoms with Crippen molar-refractivity contribution < 1.29 is 0 Å². The van der Waals surface area contributed by atoms with Crippen molar-refractivity contribution >= 4 is 11.6 Å². The molecule has 2 aromatic rings. The molecule has 0 aliphatic carbocycles. The van der Waals surface area contributed by atoms with E-state index in [0.29, 0.717) is 0 Å². The molecule has 0 saturated carbocycles. The van der Waals surface area contributed by atoms with Gasteiger partial charge >= 0.3 is 0 Å². The fraction of sp³-hybridized carbons (Fsp3) is 0.0667. The van der Waals surface area contributed by atoms with Crippen LogP contribution in [0, 0.1) is 0 Å². The SMILES string of the molecule is C=C[C@H](c1ccccc1)c1ccc(Cl)cc1. The summed E-state index contributed by atoms with van der Waals surface area (Å²) in [6.07, 6.45) is 1.96. The molecule has 2 rings (SSSR count). The summed E-state index contributed by atoms with van der Waals surface area (Å²) in [5, 5.41) is 0.764. The van der Waals surface area contributed by atoms with E-state index < -0.39 is 0 Å². The van der Waals surface area contributed by atoms with Gasteiger partial charge in [-0.25, -0.2) is 0 Å². The number of allylic oxidation sites excluding steroid dienone is 1. The lowest BCUT2D eigenvalue weighted by atomic mass is 9.92. The van der Waals surface area contributed by atoms with Crippen LogP contribution in [-0.2, 0) is 0 Å². The number of benzene rings is 2. The van der Waals surface area contributed by atoms with E-state index >= 15 is 0 Å². The zero-order chi connectivity index (χ0) is 11.4. The molecule has 80 valence electrons. The van der Waals surface area contributed by atoms with Crippen LogP contribution in [0.2, 0.25) is 5.02 Å². The van der Waals surface area contributed by atoms with Crippen LogP contribution in [0.25, 0.3) is 0 Å². The first kappa shape index (κ1) is 11.0. The molecule has 1 atom stereocenters. The van der Waals surface area contributed by atoms with Gasteiger partial charge in [0.15, 0.2) is 0 Å². The summed E-state index contributed by atoms with van der Waals surface area (Å²) in [4.78, 5) is 0. The molecule has 0 heterocycles. The molecule has 0 N–H and O–H groups in total. The molecule has 0 aromatic heterocycles. The number of hydrogen-bond donors (Lipinski definition) is 0. The molecule has 0 aliphatic heterocycles. The highest BCUT2D eigenvalue weighted by atomic mass is 35.5. The van der Waals surface area contributed by atoms with Crippen LogP contribution in [-0.4, -0.2) is 0 Å². The van der Waals surface area contributed by atoms with Crippen LogP contribution in [0.5, 0.6) is 0 Å². The summed E-state index contributed by atoms with van der Waals surface area (Å²) in [7, 11) is 0. The highest BCUT2D eigenvalue weighted by molar-refractivity contribution is 6.30. The summed E-state index contributed by atoms with van der Waals surface area (Å²) in [5.41, 5.74) is 2.46. The minimum atomic E-state index is 0.235. The smallest absolute Gasteiger partial charge is 0.0406 e. The minimum Gasteiger partial charge on any atom is -0.102 e. The summed E-state index contributed by atoms with van der Waals surface area (Å²) in [5.74, 6) is 0.235. The van der Waals surface area contributed by atoms with Gasteiger partial charge in [-0.2, -0.15) is 0 Å². The first-order chi connectivity index (χ1) is 7.81. The highest BCUT2D eigenvalue weighted by Crippen LogP contribution is 2.26. The van der Waals surface area contributed by atoms with E-state index in [1.165, 1.54) is 11.1 Å². The molecule has 0 unspecified atom stereocenters. The molecule has 2 aromatic carbocycles. The predicted octanol–water partition coefficient (Wildman–Crippen LogP) is 4.66. The van der Waals surface area contributed by atoms with Crippen molar-refractivity contribution in [2.75, 3.05) is 0 Å². The van der Waals surface area contributed by atoms with Crippen LogP contribution < -0.4 is 0 Å². The summed E-state index contributed by atoms with van der Waals surface area (Å²) < 4.78 is 0. The van der Waals surface area contributed by atoms with Gasteiger partial charge in [0.2, 0.25) is 0 Å². The minimum absolute atomic E-state index is 0.235. The average molecular weight is 229 g/mol. The van der Waals surface area contributed by atoms with Gasteiger partial charge in [0.1, 0.15) is 0 Å². The van der Waals surface area contributed by atoms with E-state index in [0.717, 1.165) is 5.02 Å². The second-order valence-corrected chi connectivity index (χ2v) is 4.11. The maximum atomic E-state index is 5.88. The Morgan fingerprint density at radius 3 is 2.00 bits per heavy atom. The fourth-order valence-corrected chi connectivity index (χ4v) is 1.92. The average Bonchev–Trinajstić information content (AvgIpc) is 2.34. The van der Waals surface area contributed by atoms with Gasteiger partial charge in [-0.3, -0.25) is 0 Å². The molecule has 0 bridgehead atoms. The van der Waals surface area contributed by atoms with Crippen molar-refractivity contribution in [1.29, 1.82) is 0 Å². The molecule has 0 fully saturated rings. The summed E-state index contributed by atoms with van der Waals surface area (Å²) in [6.45, 7) is 3.90. The Morgan fingerprint density at radius 1 is 0.875 bits per heavy atom. The number of hydrogen-bond acceptors (Lipinski definition) is 0. The molecule has 0 aliphatic rings. The van der Waals surface area contributed by atoms with E-state index in [4.69, 9.17) is 11.6 Å². The highest BCUT2D eigenvalue weighted by Gasteiger charge is 2.09. The predicted molar refractivity (Wildman–Crippen MR) is 69.9 cm³/mol. The molecule has 1 heteroatoms. The van der Waals surface area contributed by atoms with Gasteiger partial charge in [-0.05, 0) is 23.3 Å². The molecule has 16 heavy (non-hydrogen) atoms. The second-order valence-electron chi connectivity index (χ2n) is 3.68. The van der Waals surface area contributed by atoms with Gasteiger partial charge in [-0.15, -0.1) is 6.58 Å². The quantitative estimate of drug-likeness (QED) is 0.671. The fourth-order valence-electron chi connectivity index (χ4n) is 1.80. The van der Waals surface area contributed by atoms with Gasteiger partial charge in [0.25, 0.3) is 0 Å². The monoisotopic (exact) mass is 228 g/mol. The maximum absolute atomic E-state index is 5.88. The molecule has 0 amide bonds. The van der Waals surface area contributed by atoms with Gasteiger partial charge in [0.05, 0.1) is 0 Å². The molecular weight excluding hydrogens is 216 g/mol. The lowest BCUT2D eigenvalue weighted by Gasteiger charge is -2.13. The molecule has 0 saturated heterocycles. The number of halogens is 1. The first-order valence-electron chi connectivity index (χ1n) is 5.24. The van der Waals surface area contributed by atoms with Crippen molar-refractivity contribution in [3.05, 3.63) is 83.4 Å². The van der Waals surface area contributed by atoms with Crippen LogP contribution >= 0.6 is 11.6 Å². The van der Waals surface area contributed by atoms with Crippen molar-refractivity contribution in [2.45, 2.75) is 5.92 Å². The van der Waals surface area contributed by atoms with E-state index in [2.05, 4.69) is 18.7 Å².